The molecule has 0 aromatic rings. The molecule has 0 fully saturated rings. The molecule has 0 radical (unpaired) electrons. The Morgan fingerprint density at radius 3 is 1.25 bits per heavy atom. The number of quaternary nitrogens is 1. The molecule has 0 aliphatic carbocycles. The van der Waals surface area contributed by atoms with Crippen LogP contribution in [0.2, 0.25) is 0 Å². The molecule has 0 bridgehead atoms. The molecule has 0 heterocycles. The second-order valence-corrected chi connectivity index (χ2v) is 18.8. The van der Waals surface area contributed by atoms with E-state index in [1.54, 1.807) is 0 Å². The van der Waals surface area contributed by atoms with Gasteiger partial charge in [0, 0.05) is 12.8 Å². The molecule has 0 saturated heterocycles. The number of allylic oxidation sites excluding steroid dienone is 18. The Bertz CT molecular complexity index is 1490. The second kappa shape index (κ2) is 50.3. The van der Waals surface area contributed by atoms with E-state index in [1.165, 1.54) is 38.5 Å². The molecule has 9 nitrogen and oxygen atoms in total. The number of esters is 2. The predicted molar refractivity (Wildman–Crippen MR) is 290 cm³/mol. The number of carboxylic acids is 1. The number of rotatable bonds is 48. The van der Waals surface area contributed by atoms with E-state index in [0.29, 0.717) is 17.4 Å². The fraction of sp³-hybridized carbons (Fsp3) is 0.650. The van der Waals surface area contributed by atoms with Crippen LogP contribution in [-0.4, -0.2) is 87.4 Å². The quantitative estimate of drug-likeness (QED) is 0.0211. The van der Waals surface area contributed by atoms with Gasteiger partial charge in [-0.1, -0.05) is 194 Å². The lowest BCUT2D eigenvalue weighted by atomic mass is 10.1. The summed E-state index contributed by atoms with van der Waals surface area (Å²) in [5.41, 5.74) is 0. The van der Waals surface area contributed by atoms with Crippen LogP contribution in [0, 0.1) is 0 Å². The number of nitrogens with zero attached hydrogens (tertiary/aromatic N) is 1. The van der Waals surface area contributed by atoms with Crippen LogP contribution in [0.15, 0.2) is 109 Å². The van der Waals surface area contributed by atoms with Gasteiger partial charge in [0.25, 0.3) is 6.29 Å². The largest absolute Gasteiger partial charge is 0.477 e. The van der Waals surface area contributed by atoms with Gasteiger partial charge in [-0.05, 0) is 96.3 Å². The van der Waals surface area contributed by atoms with Gasteiger partial charge in [0.15, 0.2) is 6.10 Å². The lowest BCUT2D eigenvalue weighted by Crippen LogP contribution is -2.40. The Morgan fingerprint density at radius 2 is 0.826 bits per heavy atom. The van der Waals surface area contributed by atoms with Crippen LogP contribution in [0.25, 0.3) is 0 Å². The van der Waals surface area contributed by atoms with Gasteiger partial charge in [0.05, 0.1) is 34.4 Å². The van der Waals surface area contributed by atoms with Crippen molar-refractivity contribution in [2.24, 2.45) is 0 Å². The van der Waals surface area contributed by atoms with Crippen LogP contribution in [0.5, 0.6) is 0 Å². The Hall–Kier alpha value is -4.05. The lowest BCUT2D eigenvalue weighted by Gasteiger charge is -2.25. The maximum Gasteiger partial charge on any atom is 0.361 e. The Morgan fingerprint density at radius 1 is 0.449 bits per heavy atom. The van der Waals surface area contributed by atoms with Crippen molar-refractivity contribution in [3.8, 4) is 0 Å². The average molecular weight is 963 g/mol. The number of aliphatic carboxylic acids is 1. The van der Waals surface area contributed by atoms with Gasteiger partial charge in [0.1, 0.15) is 13.2 Å². The van der Waals surface area contributed by atoms with Gasteiger partial charge in [0.2, 0.25) is 0 Å². The monoisotopic (exact) mass is 963 g/mol. The highest BCUT2D eigenvalue weighted by atomic mass is 16.7. The van der Waals surface area contributed by atoms with Crippen molar-refractivity contribution in [3.05, 3.63) is 109 Å². The molecule has 0 aromatic carbocycles. The number of hydrogen-bond acceptors (Lipinski definition) is 7. The summed E-state index contributed by atoms with van der Waals surface area (Å²) < 4.78 is 22.8. The number of carboxylic acid groups (broad SMARTS) is 1. The van der Waals surface area contributed by atoms with Gasteiger partial charge in [-0.2, -0.15) is 0 Å². The number of ether oxygens (including phenoxy) is 4. The molecular formula is C60H100NO8+. The highest BCUT2D eigenvalue weighted by Crippen LogP contribution is 2.14. The van der Waals surface area contributed by atoms with Crippen LogP contribution in [0.1, 0.15) is 194 Å². The third kappa shape index (κ3) is 51.6. The molecule has 69 heavy (non-hydrogen) atoms. The normalized spacial score (nSPS) is 13.7. The van der Waals surface area contributed by atoms with Gasteiger partial charge >= 0.3 is 17.9 Å². The highest BCUT2D eigenvalue weighted by molar-refractivity contribution is 5.71. The van der Waals surface area contributed by atoms with Crippen LogP contribution in [0.3, 0.4) is 0 Å². The molecule has 0 saturated carbocycles. The van der Waals surface area contributed by atoms with E-state index in [1.807, 2.05) is 21.1 Å². The molecule has 0 spiro atoms. The molecule has 0 aliphatic heterocycles. The second-order valence-electron chi connectivity index (χ2n) is 18.8. The zero-order chi connectivity index (χ0) is 50.6. The van der Waals surface area contributed by atoms with Gasteiger partial charge in [-0.3, -0.25) is 9.59 Å². The van der Waals surface area contributed by atoms with E-state index in [9.17, 15) is 19.5 Å². The fourth-order valence-electron chi connectivity index (χ4n) is 6.83. The van der Waals surface area contributed by atoms with E-state index in [0.717, 1.165) is 122 Å². The summed E-state index contributed by atoms with van der Waals surface area (Å²) in [7, 11) is 5.94. The average Bonchev–Trinajstić information content (AvgIpc) is 3.31. The highest BCUT2D eigenvalue weighted by Gasteiger charge is 2.25. The number of hydrogen-bond donors (Lipinski definition) is 1. The first-order valence-corrected chi connectivity index (χ1v) is 27.1. The smallest absolute Gasteiger partial charge is 0.361 e. The number of unbranched alkanes of at least 4 members (excludes halogenated alkanes) is 15. The van der Waals surface area contributed by atoms with E-state index in [-0.39, 0.29) is 38.6 Å². The van der Waals surface area contributed by atoms with Crippen molar-refractivity contribution < 1.29 is 42.9 Å². The molecule has 0 aliphatic rings. The Balaban J connectivity index is 4.23. The maximum atomic E-state index is 12.8. The van der Waals surface area contributed by atoms with E-state index < -0.39 is 24.3 Å². The van der Waals surface area contributed by atoms with Crippen molar-refractivity contribution in [2.75, 3.05) is 47.5 Å². The van der Waals surface area contributed by atoms with Crippen LogP contribution >= 0.6 is 0 Å². The minimum absolute atomic E-state index is 0.179. The summed E-state index contributed by atoms with van der Waals surface area (Å²) in [5.74, 6) is -2.04. The van der Waals surface area contributed by atoms with E-state index in [2.05, 4.69) is 123 Å². The van der Waals surface area contributed by atoms with Crippen molar-refractivity contribution in [3.63, 3.8) is 0 Å². The zero-order valence-corrected chi connectivity index (χ0v) is 44.4. The van der Waals surface area contributed by atoms with Gasteiger partial charge in [-0.15, -0.1) is 0 Å². The van der Waals surface area contributed by atoms with Gasteiger partial charge in [-0.25, -0.2) is 4.79 Å². The third-order valence-corrected chi connectivity index (χ3v) is 11.0. The molecule has 9 heteroatoms. The van der Waals surface area contributed by atoms with Crippen LogP contribution < -0.4 is 0 Å². The molecule has 0 aromatic heterocycles. The number of likely N-dealkylation sites (N-methyl/N-ethyl adjacent to an activating group) is 1. The summed E-state index contributed by atoms with van der Waals surface area (Å²) in [6.45, 7) is 4.68. The molecular weight excluding hydrogens is 863 g/mol. The van der Waals surface area contributed by atoms with Crippen molar-refractivity contribution in [1.29, 1.82) is 0 Å². The topological polar surface area (TPSA) is 108 Å². The minimum atomic E-state index is -1.52. The van der Waals surface area contributed by atoms with Crippen molar-refractivity contribution in [1.82, 2.24) is 0 Å². The Labute approximate surface area is 422 Å². The first-order valence-electron chi connectivity index (χ1n) is 27.1. The molecule has 392 valence electrons. The van der Waals surface area contributed by atoms with Crippen molar-refractivity contribution in [2.45, 2.75) is 206 Å². The molecule has 0 amide bonds. The first kappa shape index (κ1) is 65.0. The maximum absolute atomic E-state index is 12.8. The summed E-state index contributed by atoms with van der Waals surface area (Å²) >= 11 is 0. The number of carbonyl (C=O) groups is 3. The molecule has 2 atom stereocenters. The van der Waals surface area contributed by atoms with Crippen LogP contribution in [-0.2, 0) is 33.3 Å². The minimum Gasteiger partial charge on any atom is -0.477 e. The summed E-state index contributed by atoms with van der Waals surface area (Å²) in [6.07, 6.45) is 66.0. The van der Waals surface area contributed by atoms with E-state index >= 15 is 0 Å². The zero-order valence-electron chi connectivity index (χ0n) is 44.4. The SMILES string of the molecule is CC/C=C\C/C=C\C/C=C\C/C=C\C/C=C\C/C=C\C/C=C\C/C=C\CCCCCCCCCCC(=O)OC(COC(=O)CCCCCCC/C=C\CCCC)COC(OCC[N+](C)(C)C)C(=O)O. The molecule has 0 rings (SSSR count). The standard InChI is InChI=1S/C60H99NO8/c1-6-8-10-12-14-16-18-19-20-21-22-23-24-25-26-27-28-29-30-31-32-33-34-35-36-37-38-39-41-43-45-47-49-51-58(63)69-56(55-68-60(59(64)65)66-53-52-61(3,4)5)54-67-57(62)50-48-46-44-42-40-17-15-13-11-9-7-2/h8,10,13-16,19-20,22-23,25-26,28-29,31-32,34-35,56,60H,6-7,9,11-12,17-18,21,24,27,30,33,36-55H2,1-5H3/p+1/b10-8-,15-13-,16-14-,20-19-,23-22-,26-25-,29-28-,32-31-,35-34-. The van der Waals surface area contributed by atoms with E-state index in [4.69, 9.17) is 18.9 Å². The summed E-state index contributed by atoms with van der Waals surface area (Å²) in [6, 6.07) is 0. The Kier molecular flexibility index (Phi) is 47.4. The molecule has 1 N–H and O–H groups in total. The number of carbonyl (C=O) groups excluding carboxylic acids is 2. The van der Waals surface area contributed by atoms with Crippen LogP contribution in [0.4, 0.5) is 0 Å². The summed E-state index contributed by atoms with van der Waals surface area (Å²) in [4.78, 5) is 37.2. The first-order chi connectivity index (χ1) is 33.6. The predicted octanol–water partition coefficient (Wildman–Crippen LogP) is 15.6. The fourth-order valence-corrected chi connectivity index (χ4v) is 6.83. The van der Waals surface area contributed by atoms with Gasteiger partial charge < -0.3 is 28.5 Å². The van der Waals surface area contributed by atoms with Crippen molar-refractivity contribution >= 4 is 17.9 Å². The third-order valence-electron chi connectivity index (χ3n) is 11.0. The summed E-state index contributed by atoms with van der Waals surface area (Å²) in [5, 5.41) is 9.66. The lowest BCUT2D eigenvalue weighted by molar-refractivity contribution is -0.870. The molecule has 2 unspecified atom stereocenters.